The van der Waals surface area contributed by atoms with Gasteiger partial charge in [0.25, 0.3) is 0 Å². The Morgan fingerprint density at radius 3 is 2.31 bits per heavy atom. The molecule has 0 bridgehead atoms. The van der Waals surface area contributed by atoms with Gasteiger partial charge in [-0.2, -0.15) is 13.2 Å². The topological polar surface area (TPSA) is 142 Å². The number of hydrogen-bond donors (Lipinski definition) is 3. The fourth-order valence-corrected chi connectivity index (χ4v) is 10.3. The summed E-state index contributed by atoms with van der Waals surface area (Å²) in [6, 6.07) is 0. The summed E-state index contributed by atoms with van der Waals surface area (Å²) in [5.41, 5.74) is -1.36. The molecule has 11 nitrogen and oxygen atoms in total. The summed E-state index contributed by atoms with van der Waals surface area (Å²) < 4.78 is 84.3. The third-order valence-electron chi connectivity index (χ3n) is 13.5. The van der Waals surface area contributed by atoms with Crippen LogP contribution >= 0.6 is 0 Å². The monoisotopic (exact) mass is 752 g/mol. The molecule has 5 aliphatic rings. The fourth-order valence-electron chi connectivity index (χ4n) is 10.3. The highest BCUT2D eigenvalue weighted by Crippen LogP contribution is 2.55. The number of halogens is 3. The van der Waals surface area contributed by atoms with Crippen molar-refractivity contribution in [3.8, 4) is 0 Å². The van der Waals surface area contributed by atoms with Gasteiger partial charge in [-0.1, -0.05) is 41.5 Å². The number of aliphatic carboxylic acids is 1. The van der Waals surface area contributed by atoms with E-state index in [2.05, 4.69) is 13.8 Å². The highest BCUT2D eigenvalue weighted by molar-refractivity contribution is 5.70. The number of aliphatic hydroxyl groups excluding tert-OH is 2. The van der Waals surface area contributed by atoms with Crippen LogP contribution in [0.1, 0.15) is 107 Å². The molecule has 1 spiro atoms. The van der Waals surface area contributed by atoms with Crippen molar-refractivity contribution in [3.63, 3.8) is 0 Å². The molecule has 0 radical (unpaired) electrons. The van der Waals surface area contributed by atoms with E-state index in [9.17, 15) is 33.3 Å². The first-order valence-corrected chi connectivity index (χ1v) is 19.3. The second-order valence-electron chi connectivity index (χ2n) is 17.2. The first kappa shape index (κ1) is 42.1. The van der Waals surface area contributed by atoms with Crippen LogP contribution in [-0.2, 0) is 38.0 Å². The Morgan fingerprint density at radius 2 is 1.71 bits per heavy atom. The van der Waals surface area contributed by atoms with E-state index in [1.54, 1.807) is 13.8 Å². The molecule has 0 saturated carbocycles. The molecule has 17 unspecified atom stereocenters. The fraction of sp³-hybridized carbons (Fsp3) is 0.974. The summed E-state index contributed by atoms with van der Waals surface area (Å²) >= 11 is 0. The van der Waals surface area contributed by atoms with Crippen LogP contribution in [-0.4, -0.2) is 113 Å². The Hall–Kier alpha value is -1.10. The van der Waals surface area contributed by atoms with Crippen LogP contribution in [0.2, 0.25) is 0 Å². The minimum absolute atomic E-state index is 0.0384. The molecule has 52 heavy (non-hydrogen) atoms. The van der Waals surface area contributed by atoms with Crippen LogP contribution < -0.4 is 0 Å². The summed E-state index contributed by atoms with van der Waals surface area (Å²) in [4.78, 5) is 11.9. The number of aliphatic hydroxyl groups is 2. The number of methoxy groups -OCH3 is 1. The summed E-state index contributed by atoms with van der Waals surface area (Å²) in [7, 11) is 1.50. The third kappa shape index (κ3) is 7.94. The molecule has 0 aromatic heterocycles. The van der Waals surface area contributed by atoms with E-state index in [-0.39, 0.29) is 42.3 Å². The van der Waals surface area contributed by atoms with Gasteiger partial charge in [-0.05, 0) is 64.2 Å². The zero-order valence-electron chi connectivity index (χ0n) is 32.3. The number of carboxylic acids is 1. The van der Waals surface area contributed by atoms with Gasteiger partial charge in [0.05, 0.1) is 66.5 Å². The first-order chi connectivity index (χ1) is 24.2. The second kappa shape index (κ2) is 15.4. The minimum Gasteiger partial charge on any atom is -0.481 e. The summed E-state index contributed by atoms with van der Waals surface area (Å²) in [5.74, 6) is -5.61. The van der Waals surface area contributed by atoms with E-state index < -0.39 is 90.5 Å². The average Bonchev–Trinajstić information content (AvgIpc) is 3.79. The Morgan fingerprint density at radius 1 is 1.02 bits per heavy atom. The predicted molar refractivity (Wildman–Crippen MR) is 182 cm³/mol. The van der Waals surface area contributed by atoms with E-state index >= 15 is 0 Å². The van der Waals surface area contributed by atoms with Crippen LogP contribution in [0.5, 0.6) is 0 Å². The molecular weight excluding hydrogens is 689 g/mol. The molecule has 14 heteroatoms. The van der Waals surface area contributed by atoms with Gasteiger partial charge in [0, 0.05) is 37.7 Å². The SMILES string of the molecule is CCC1(C2OC(C3OC(CO)(OCC(F)(F)F)C(C)CC3C)CC2C)CCC(C2(C)CCC3(CC(O)C(C)C(C(C)C(OC)C(C)C(=O)O)O3)O2)O1. The smallest absolute Gasteiger partial charge is 0.411 e. The maximum atomic E-state index is 13.2. The average molecular weight is 753 g/mol. The molecule has 0 aromatic rings. The van der Waals surface area contributed by atoms with Crippen LogP contribution in [0, 0.1) is 35.5 Å². The molecule has 5 heterocycles. The van der Waals surface area contributed by atoms with Gasteiger partial charge < -0.3 is 48.5 Å². The summed E-state index contributed by atoms with van der Waals surface area (Å²) in [6.45, 7) is 13.2. The molecule has 0 amide bonds. The molecule has 17 atom stereocenters. The molecule has 5 saturated heterocycles. The molecule has 3 N–H and O–H groups in total. The lowest BCUT2D eigenvalue weighted by Crippen LogP contribution is -2.58. The van der Waals surface area contributed by atoms with Crippen molar-refractivity contribution in [2.24, 2.45) is 35.5 Å². The second-order valence-corrected chi connectivity index (χ2v) is 17.2. The first-order valence-electron chi connectivity index (χ1n) is 19.3. The number of carbonyl (C=O) groups is 1. The standard InChI is InChI=1S/C38H63F3O11/c1-10-35(32-21(3)16-27(48-32)29-20(2)15-22(4)37(18-42,51-29)47-19-38(39,40)41)12-11-28(49-35)34(8)13-14-36(52-34)17-26(43)23(5)31(50-36)24(6)30(46-9)25(7)33(44)45/h20-32,42-43H,10-19H2,1-9H3,(H,44,45). The van der Waals surface area contributed by atoms with Gasteiger partial charge in [-0.15, -0.1) is 0 Å². The third-order valence-corrected chi connectivity index (χ3v) is 13.5. The zero-order chi connectivity index (χ0) is 38.6. The van der Waals surface area contributed by atoms with Crippen molar-refractivity contribution < 1.29 is 66.4 Å². The van der Waals surface area contributed by atoms with Crippen LogP contribution in [0.3, 0.4) is 0 Å². The predicted octanol–water partition coefficient (Wildman–Crippen LogP) is 5.86. The normalized spacial score (nSPS) is 47.5. The Bertz CT molecular complexity index is 1240. The number of ether oxygens (including phenoxy) is 7. The quantitative estimate of drug-likeness (QED) is 0.221. The van der Waals surface area contributed by atoms with Crippen LogP contribution in [0.15, 0.2) is 0 Å². The van der Waals surface area contributed by atoms with E-state index in [1.165, 1.54) is 7.11 Å². The van der Waals surface area contributed by atoms with Crippen LogP contribution in [0.25, 0.3) is 0 Å². The van der Waals surface area contributed by atoms with E-state index in [4.69, 9.17) is 33.2 Å². The number of rotatable bonds is 12. The van der Waals surface area contributed by atoms with Gasteiger partial charge in [0.15, 0.2) is 11.6 Å². The maximum Gasteiger partial charge on any atom is 0.411 e. The molecule has 0 aromatic carbocycles. The van der Waals surface area contributed by atoms with E-state index in [1.807, 2.05) is 27.7 Å². The van der Waals surface area contributed by atoms with Crippen molar-refractivity contribution in [1.82, 2.24) is 0 Å². The number of carboxylic acid groups (broad SMARTS) is 1. The van der Waals surface area contributed by atoms with E-state index in [0.717, 1.165) is 6.42 Å². The molecule has 0 aliphatic carbocycles. The largest absolute Gasteiger partial charge is 0.481 e. The lowest BCUT2D eigenvalue weighted by atomic mass is 9.78. The van der Waals surface area contributed by atoms with E-state index in [0.29, 0.717) is 38.5 Å². The lowest BCUT2D eigenvalue weighted by molar-refractivity contribution is -0.359. The summed E-state index contributed by atoms with van der Waals surface area (Å²) in [5, 5.41) is 31.3. The lowest BCUT2D eigenvalue weighted by Gasteiger charge is -2.49. The number of hydrogen-bond acceptors (Lipinski definition) is 10. The molecule has 302 valence electrons. The zero-order valence-corrected chi connectivity index (χ0v) is 32.3. The highest BCUT2D eigenvalue weighted by atomic mass is 19.4. The molecule has 5 rings (SSSR count). The van der Waals surface area contributed by atoms with Crippen LogP contribution in [0.4, 0.5) is 13.2 Å². The van der Waals surface area contributed by atoms with Gasteiger partial charge in [-0.25, -0.2) is 0 Å². The van der Waals surface area contributed by atoms with Gasteiger partial charge in [-0.3, -0.25) is 4.79 Å². The van der Waals surface area contributed by atoms with Crippen molar-refractivity contribution in [2.75, 3.05) is 20.3 Å². The molecular formula is C38H63F3O11. The Kier molecular flexibility index (Phi) is 12.5. The van der Waals surface area contributed by atoms with Crippen molar-refractivity contribution in [2.45, 2.75) is 178 Å². The van der Waals surface area contributed by atoms with Gasteiger partial charge >= 0.3 is 12.1 Å². The summed E-state index contributed by atoms with van der Waals surface area (Å²) in [6.07, 6.45) is -3.31. The minimum atomic E-state index is -4.56. The highest BCUT2D eigenvalue weighted by Gasteiger charge is 2.62. The Labute approximate surface area is 306 Å². The van der Waals surface area contributed by atoms with Crippen molar-refractivity contribution >= 4 is 5.97 Å². The maximum absolute atomic E-state index is 13.2. The van der Waals surface area contributed by atoms with Gasteiger partial charge in [0.2, 0.25) is 0 Å². The Balaban J connectivity index is 1.29. The van der Waals surface area contributed by atoms with Crippen molar-refractivity contribution in [1.29, 1.82) is 0 Å². The number of alkyl halides is 3. The molecule has 5 aliphatic heterocycles. The van der Waals surface area contributed by atoms with Crippen molar-refractivity contribution in [3.05, 3.63) is 0 Å². The van der Waals surface area contributed by atoms with Gasteiger partial charge in [0.1, 0.15) is 6.61 Å². The molecule has 5 fully saturated rings.